The number of rotatable bonds is 6. The Morgan fingerprint density at radius 1 is 1.00 bits per heavy atom. The number of anilines is 2. The molecule has 1 saturated heterocycles. The van der Waals surface area contributed by atoms with E-state index < -0.39 is 0 Å². The molecule has 0 aliphatic carbocycles. The molecule has 2 amide bonds. The Labute approximate surface area is 193 Å². The maximum absolute atomic E-state index is 12.6. The van der Waals surface area contributed by atoms with Crippen LogP contribution in [0, 0.1) is 0 Å². The number of nitrogens with zero attached hydrogens (tertiary/aromatic N) is 4. The fraction of sp³-hybridized carbons (Fsp3) is 0.238. The molecule has 160 valence electrons. The summed E-state index contributed by atoms with van der Waals surface area (Å²) in [4.78, 5) is 29.1. The molecule has 0 saturated carbocycles. The molecule has 1 fully saturated rings. The second-order valence-electron chi connectivity index (χ2n) is 6.83. The normalized spacial score (nSPS) is 13.8. The molecule has 1 aliphatic rings. The van der Waals surface area contributed by atoms with Crippen LogP contribution >= 0.6 is 34.7 Å². The molecule has 1 aromatic heterocycles. The highest BCUT2D eigenvalue weighted by atomic mass is 35.5. The molecule has 31 heavy (non-hydrogen) atoms. The first kappa shape index (κ1) is 21.6. The van der Waals surface area contributed by atoms with Crippen molar-refractivity contribution in [2.45, 2.75) is 4.34 Å². The number of hydrogen-bond donors (Lipinski definition) is 1. The highest BCUT2D eigenvalue weighted by Crippen LogP contribution is 2.24. The number of hydrogen-bond acceptors (Lipinski definition) is 7. The van der Waals surface area contributed by atoms with Crippen LogP contribution in [-0.4, -0.2) is 58.8 Å². The van der Waals surface area contributed by atoms with Gasteiger partial charge in [0, 0.05) is 42.6 Å². The van der Waals surface area contributed by atoms with Gasteiger partial charge in [0.1, 0.15) is 0 Å². The summed E-state index contributed by atoms with van der Waals surface area (Å²) in [5, 5.41) is 11.6. The summed E-state index contributed by atoms with van der Waals surface area (Å²) in [5.41, 5.74) is 1.81. The van der Waals surface area contributed by atoms with E-state index >= 15 is 0 Å². The van der Waals surface area contributed by atoms with E-state index in [9.17, 15) is 9.59 Å². The van der Waals surface area contributed by atoms with E-state index in [1.807, 2.05) is 23.1 Å². The van der Waals surface area contributed by atoms with E-state index in [-0.39, 0.29) is 22.6 Å². The molecule has 2 aromatic carbocycles. The summed E-state index contributed by atoms with van der Waals surface area (Å²) >= 11 is 8.33. The summed E-state index contributed by atoms with van der Waals surface area (Å²) in [5.74, 6) is 0.00814. The number of halogens is 1. The van der Waals surface area contributed by atoms with E-state index in [2.05, 4.69) is 32.5 Å². The van der Waals surface area contributed by atoms with Crippen LogP contribution in [0.4, 0.5) is 11.4 Å². The van der Waals surface area contributed by atoms with Crippen molar-refractivity contribution in [2.75, 3.05) is 42.1 Å². The number of benzene rings is 2. The Morgan fingerprint density at radius 2 is 1.71 bits per heavy atom. The first-order chi connectivity index (χ1) is 15.1. The van der Waals surface area contributed by atoms with Crippen LogP contribution in [0.5, 0.6) is 0 Å². The number of aromatic nitrogens is 2. The number of thioether (sulfide) groups is 1. The van der Waals surface area contributed by atoms with Gasteiger partial charge in [-0.25, -0.2) is 0 Å². The smallest absolute Gasteiger partial charge is 0.286 e. The lowest BCUT2D eigenvalue weighted by Gasteiger charge is -2.36. The van der Waals surface area contributed by atoms with Gasteiger partial charge < -0.3 is 15.1 Å². The average molecular weight is 474 g/mol. The van der Waals surface area contributed by atoms with Gasteiger partial charge in [0.15, 0.2) is 4.34 Å². The van der Waals surface area contributed by atoms with Crippen LogP contribution in [0.25, 0.3) is 0 Å². The molecule has 4 rings (SSSR count). The third-order valence-electron chi connectivity index (χ3n) is 4.78. The summed E-state index contributed by atoms with van der Waals surface area (Å²) in [6.45, 7) is 3.01. The Balaban J connectivity index is 1.24. The fourth-order valence-electron chi connectivity index (χ4n) is 3.15. The lowest BCUT2D eigenvalue weighted by atomic mass is 10.2. The van der Waals surface area contributed by atoms with Crippen LogP contribution in [0.2, 0.25) is 5.02 Å². The Morgan fingerprint density at radius 3 is 2.42 bits per heavy atom. The van der Waals surface area contributed by atoms with Crippen molar-refractivity contribution >= 4 is 57.9 Å². The molecular weight excluding hydrogens is 454 g/mol. The quantitative estimate of drug-likeness (QED) is 0.547. The maximum Gasteiger partial charge on any atom is 0.286 e. The Bertz CT molecular complexity index is 1040. The summed E-state index contributed by atoms with van der Waals surface area (Å²) in [7, 11) is 0. The largest absolute Gasteiger partial charge is 0.368 e. The van der Waals surface area contributed by atoms with Gasteiger partial charge in [-0.05, 0) is 36.4 Å². The van der Waals surface area contributed by atoms with Gasteiger partial charge in [0.25, 0.3) is 5.91 Å². The zero-order chi connectivity index (χ0) is 21.6. The third kappa shape index (κ3) is 5.75. The fourth-order valence-corrected chi connectivity index (χ4v) is 4.92. The first-order valence-corrected chi connectivity index (χ1v) is 11.9. The summed E-state index contributed by atoms with van der Waals surface area (Å²) in [6, 6.07) is 17.0. The number of para-hydroxylation sites is 1. The van der Waals surface area contributed by atoms with Gasteiger partial charge >= 0.3 is 0 Å². The molecular formula is C21H20ClN5O2S2. The minimum Gasteiger partial charge on any atom is -0.368 e. The Kier molecular flexibility index (Phi) is 7.06. The number of nitrogens with one attached hydrogen (secondary N) is 1. The number of carbonyl (C=O) groups excluding carboxylic acids is 2. The average Bonchev–Trinajstić information content (AvgIpc) is 3.29. The van der Waals surface area contributed by atoms with E-state index in [0.717, 1.165) is 13.1 Å². The second-order valence-corrected chi connectivity index (χ2v) is 9.46. The molecule has 1 N–H and O–H groups in total. The van der Waals surface area contributed by atoms with Gasteiger partial charge in [-0.1, -0.05) is 52.9 Å². The van der Waals surface area contributed by atoms with Crippen molar-refractivity contribution in [3.63, 3.8) is 0 Å². The lowest BCUT2D eigenvalue weighted by Crippen LogP contribution is -2.49. The van der Waals surface area contributed by atoms with E-state index in [0.29, 0.717) is 28.1 Å². The van der Waals surface area contributed by atoms with Crippen molar-refractivity contribution in [3.05, 3.63) is 64.6 Å². The molecule has 1 aliphatic heterocycles. The van der Waals surface area contributed by atoms with Crippen LogP contribution in [0.15, 0.2) is 58.9 Å². The van der Waals surface area contributed by atoms with E-state index in [1.54, 1.807) is 24.3 Å². The maximum atomic E-state index is 12.6. The molecule has 3 aromatic rings. The van der Waals surface area contributed by atoms with Crippen molar-refractivity contribution in [1.29, 1.82) is 0 Å². The first-order valence-electron chi connectivity index (χ1n) is 9.69. The van der Waals surface area contributed by atoms with Gasteiger partial charge in [-0.3, -0.25) is 9.59 Å². The monoisotopic (exact) mass is 473 g/mol. The molecule has 0 unspecified atom stereocenters. The minimum atomic E-state index is -0.338. The van der Waals surface area contributed by atoms with Gasteiger partial charge in [0.2, 0.25) is 10.9 Å². The third-order valence-corrected chi connectivity index (χ3v) is 7.07. The van der Waals surface area contributed by atoms with Crippen LogP contribution in [0.1, 0.15) is 9.80 Å². The topological polar surface area (TPSA) is 78.4 Å². The standard InChI is InChI=1S/C21H20ClN5O2S2/c22-15-6-8-16(9-7-15)23-19(29)20-24-25-21(31-20)30-14-18(28)27-12-10-26(11-13-27)17-4-2-1-3-5-17/h1-9H,10-14H2,(H,23,29). The van der Waals surface area contributed by atoms with Crippen molar-refractivity contribution in [1.82, 2.24) is 15.1 Å². The van der Waals surface area contributed by atoms with Gasteiger partial charge in [-0.2, -0.15) is 0 Å². The molecule has 0 atom stereocenters. The van der Waals surface area contributed by atoms with E-state index in [4.69, 9.17) is 11.6 Å². The minimum absolute atomic E-state index is 0.0695. The predicted molar refractivity (Wildman–Crippen MR) is 125 cm³/mol. The molecule has 0 bridgehead atoms. The summed E-state index contributed by atoms with van der Waals surface area (Å²) < 4.78 is 0.595. The van der Waals surface area contributed by atoms with Crippen molar-refractivity contribution < 1.29 is 9.59 Å². The number of piperazine rings is 1. The number of carbonyl (C=O) groups is 2. The van der Waals surface area contributed by atoms with Gasteiger partial charge in [0.05, 0.1) is 5.75 Å². The highest BCUT2D eigenvalue weighted by Gasteiger charge is 2.22. The van der Waals surface area contributed by atoms with Crippen LogP contribution in [-0.2, 0) is 4.79 Å². The molecule has 7 nitrogen and oxygen atoms in total. The Hall–Kier alpha value is -2.62. The van der Waals surface area contributed by atoms with Crippen molar-refractivity contribution in [3.8, 4) is 0 Å². The van der Waals surface area contributed by atoms with E-state index in [1.165, 1.54) is 28.8 Å². The highest BCUT2D eigenvalue weighted by molar-refractivity contribution is 8.01. The zero-order valence-corrected chi connectivity index (χ0v) is 18.9. The molecule has 10 heteroatoms. The SMILES string of the molecule is O=C(Nc1ccc(Cl)cc1)c1nnc(SCC(=O)N2CCN(c3ccccc3)CC2)s1. The van der Waals surface area contributed by atoms with Crippen LogP contribution < -0.4 is 10.2 Å². The number of amides is 2. The predicted octanol–water partition coefficient (Wildman–Crippen LogP) is 3.88. The molecule has 0 radical (unpaired) electrons. The zero-order valence-electron chi connectivity index (χ0n) is 16.5. The second kappa shape index (κ2) is 10.1. The van der Waals surface area contributed by atoms with Crippen molar-refractivity contribution in [2.24, 2.45) is 0 Å². The van der Waals surface area contributed by atoms with Crippen LogP contribution in [0.3, 0.4) is 0 Å². The van der Waals surface area contributed by atoms with Gasteiger partial charge in [-0.15, -0.1) is 10.2 Å². The molecule has 2 heterocycles. The summed E-state index contributed by atoms with van der Waals surface area (Å²) in [6.07, 6.45) is 0. The molecule has 0 spiro atoms. The lowest BCUT2D eigenvalue weighted by molar-refractivity contribution is -0.128.